The number of nitrogens with zero attached hydrogens (tertiary/aromatic N) is 6. The van der Waals surface area contributed by atoms with Crippen molar-refractivity contribution in [1.82, 2.24) is 19.7 Å². The Labute approximate surface area is 296 Å². The first-order valence-electron chi connectivity index (χ1n) is 15.9. The zero-order valence-corrected chi connectivity index (χ0v) is 28.6. The number of ether oxygens (including phenoxy) is 1. The SMILES string of the molecule is COC(=O)C1=C(C)N(c2cccc(C(F)(F)F)c2)c2n[nH]c(=O)n2[C@@H]1c1ccc(C#N)cc1CC[N+](C)(C)Cc1cccc2cccnc12.O=C[O-]. The number of hydrogen-bond donors (Lipinski definition) is 1. The molecular formula is C37H34F3N7O5. The van der Waals surface area contributed by atoms with Gasteiger partial charge in [0, 0.05) is 41.4 Å². The lowest BCUT2D eigenvalue weighted by molar-refractivity contribution is -0.903. The van der Waals surface area contributed by atoms with Gasteiger partial charge in [0.1, 0.15) is 12.6 Å². The zero-order chi connectivity index (χ0) is 37.8. The number of nitrogens with one attached hydrogen (secondary N) is 1. The molecule has 5 aromatic rings. The summed E-state index contributed by atoms with van der Waals surface area (Å²) in [7, 11) is 5.38. The number of carboxylic acid groups (broad SMARTS) is 1. The van der Waals surface area contributed by atoms with Crippen LogP contribution in [0.4, 0.5) is 24.8 Å². The van der Waals surface area contributed by atoms with E-state index in [0.29, 0.717) is 40.7 Å². The molecule has 12 nitrogen and oxygen atoms in total. The van der Waals surface area contributed by atoms with Crippen molar-refractivity contribution in [2.24, 2.45) is 0 Å². The van der Waals surface area contributed by atoms with Crippen LogP contribution in [0.2, 0.25) is 0 Å². The van der Waals surface area contributed by atoms with E-state index < -0.39 is 35.9 Å². The van der Waals surface area contributed by atoms with Crippen LogP contribution in [0.5, 0.6) is 0 Å². The molecule has 268 valence electrons. The van der Waals surface area contributed by atoms with Crippen molar-refractivity contribution < 1.29 is 37.1 Å². The van der Waals surface area contributed by atoms with Crippen molar-refractivity contribution in [2.45, 2.75) is 32.1 Å². The van der Waals surface area contributed by atoms with Crippen molar-refractivity contribution in [3.05, 3.63) is 129 Å². The van der Waals surface area contributed by atoms with E-state index in [2.05, 4.69) is 41.4 Å². The number of methoxy groups -OCH3 is 1. The number of aromatic nitrogens is 4. The summed E-state index contributed by atoms with van der Waals surface area (Å²) in [6.07, 6.45) is -2.40. The number of H-pyrrole nitrogens is 1. The summed E-state index contributed by atoms with van der Waals surface area (Å²) in [4.78, 5) is 41.2. The summed E-state index contributed by atoms with van der Waals surface area (Å²) >= 11 is 0. The highest BCUT2D eigenvalue weighted by Crippen LogP contribution is 2.43. The van der Waals surface area contributed by atoms with Crippen molar-refractivity contribution in [3.63, 3.8) is 0 Å². The quantitative estimate of drug-likeness (QED) is 0.140. The molecule has 0 bridgehead atoms. The van der Waals surface area contributed by atoms with Gasteiger partial charge < -0.3 is 19.1 Å². The van der Waals surface area contributed by atoms with Crippen LogP contribution >= 0.6 is 0 Å². The minimum absolute atomic E-state index is 0.00523. The van der Waals surface area contributed by atoms with Gasteiger partial charge in [0.15, 0.2) is 0 Å². The smallest absolute Gasteiger partial charge is 0.416 e. The van der Waals surface area contributed by atoms with Gasteiger partial charge in [0.05, 0.1) is 56.0 Å². The van der Waals surface area contributed by atoms with E-state index in [-0.39, 0.29) is 22.9 Å². The topological polar surface area (TPSA) is 157 Å². The van der Waals surface area contributed by atoms with Gasteiger partial charge in [0.25, 0.3) is 0 Å². The number of aromatic amines is 1. The maximum absolute atomic E-state index is 13.7. The molecule has 3 heterocycles. The molecule has 0 radical (unpaired) electrons. The molecule has 1 aliphatic rings. The summed E-state index contributed by atoms with van der Waals surface area (Å²) in [6.45, 7) is 2.34. The number of nitriles is 1. The van der Waals surface area contributed by atoms with Crippen LogP contribution in [0, 0.1) is 11.3 Å². The Morgan fingerprint density at radius 2 is 1.81 bits per heavy atom. The van der Waals surface area contributed by atoms with Crippen LogP contribution in [-0.2, 0) is 33.5 Å². The first-order chi connectivity index (χ1) is 24.7. The number of quaternary nitrogens is 1. The van der Waals surface area contributed by atoms with E-state index in [1.54, 1.807) is 31.3 Å². The van der Waals surface area contributed by atoms with Gasteiger partial charge >= 0.3 is 17.8 Å². The van der Waals surface area contributed by atoms with Crippen molar-refractivity contribution in [2.75, 3.05) is 32.6 Å². The molecule has 6 rings (SSSR count). The Kier molecular flexibility index (Phi) is 10.6. The number of para-hydroxylation sites is 1. The monoisotopic (exact) mass is 713 g/mol. The van der Waals surface area contributed by atoms with Crippen molar-refractivity contribution in [1.29, 1.82) is 5.26 Å². The lowest BCUT2D eigenvalue weighted by atomic mass is 9.89. The predicted molar refractivity (Wildman–Crippen MR) is 183 cm³/mol. The third-order valence-corrected chi connectivity index (χ3v) is 8.85. The van der Waals surface area contributed by atoms with Crippen LogP contribution < -0.4 is 15.7 Å². The minimum atomic E-state index is -4.63. The molecule has 0 aliphatic carbocycles. The van der Waals surface area contributed by atoms with E-state index in [1.165, 1.54) is 28.7 Å². The largest absolute Gasteiger partial charge is 0.554 e. The maximum Gasteiger partial charge on any atom is 0.416 e. The van der Waals surface area contributed by atoms with Crippen LogP contribution in [-0.4, -0.2) is 64.4 Å². The number of carbonyl (C=O) groups excluding carboxylic acids is 2. The molecule has 0 saturated carbocycles. The van der Waals surface area contributed by atoms with Gasteiger partial charge in [0.2, 0.25) is 5.95 Å². The van der Waals surface area contributed by atoms with Gasteiger partial charge in [-0.2, -0.15) is 18.4 Å². The number of alkyl halides is 3. The molecule has 2 aromatic heterocycles. The van der Waals surface area contributed by atoms with E-state index in [9.17, 15) is 28.0 Å². The molecule has 0 amide bonds. The normalized spacial score (nSPS) is 14.3. The summed E-state index contributed by atoms with van der Waals surface area (Å²) in [5.41, 5.74) is 2.40. The number of rotatable bonds is 8. The van der Waals surface area contributed by atoms with Crippen molar-refractivity contribution in [3.8, 4) is 6.07 Å². The van der Waals surface area contributed by atoms with Crippen LogP contribution in [0.1, 0.15) is 40.8 Å². The average Bonchev–Trinajstić information content (AvgIpc) is 3.50. The van der Waals surface area contributed by atoms with Crippen LogP contribution in [0.3, 0.4) is 0 Å². The average molecular weight is 714 g/mol. The second-order valence-electron chi connectivity index (χ2n) is 12.7. The Bertz CT molecular complexity index is 2260. The number of allylic oxidation sites excluding steroid dienone is 1. The van der Waals surface area contributed by atoms with Crippen molar-refractivity contribution >= 4 is 35.0 Å². The molecule has 1 aliphatic heterocycles. The highest BCUT2D eigenvalue weighted by molar-refractivity contribution is 5.93. The molecule has 1 N–H and O–H groups in total. The lowest BCUT2D eigenvalue weighted by Crippen LogP contribution is -2.41. The zero-order valence-electron chi connectivity index (χ0n) is 28.6. The van der Waals surface area contributed by atoms with Crippen LogP contribution in [0.15, 0.2) is 95.1 Å². The maximum atomic E-state index is 13.7. The molecule has 15 heteroatoms. The number of benzene rings is 3. The molecule has 0 spiro atoms. The number of fused-ring (bicyclic) bond motifs is 2. The lowest BCUT2D eigenvalue weighted by Gasteiger charge is -2.36. The van der Waals surface area contributed by atoms with E-state index in [4.69, 9.17) is 14.6 Å². The Morgan fingerprint density at radius 1 is 1.10 bits per heavy atom. The highest BCUT2D eigenvalue weighted by Gasteiger charge is 2.41. The second-order valence-corrected chi connectivity index (χ2v) is 12.7. The third kappa shape index (κ3) is 7.42. The fourth-order valence-electron chi connectivity index (χ4n) is 6.50. The van der Waals surface area contributed by atoms with E-state index in [0.717, 1.165) is 28.6 Å². The highest BCUT2D eigenvalue weighted by atomic mass is 19.4. The molecule has 0 fully saturated rings. The fraction of sp³-hybridized carbons (Fsp3) is 0.243. The molecule has 52 heavy (non-hydrogen) atoms. The number of likely N-dealkylation sites (N-methyl/N-ethyl adjacent to an activating group) is 1. The number of anilines is 2. The minimum Gasteiger partial charge on any atom is -0.554 e. The summed E-state index contributed by atoms with van der Waals surface area (Å²) in [5, 5.41) is 25.7. The standard InChI is InChI=1S/C36H32F3N7O3.CH2O2/c1-22-30(33(47)49-4)32(45-34(42-43-35(45)48)44(22)28-12-6-11-27(19-28)36(37,38)39)29-14-13-23(20-40)18-25(29)15-17-46(2,3)21-26-9-5-8-24-10-7-16-41-31(24)26;2-1-3/h5-14,16,18-19,32H,15,17,21H2,1-4H3;1H,(H,2,3)/t32-;/m1./s1. The fourth-order valence-corrected chi connectivity index (χ4v) is 6.50. The number of carbonyl (C=O) groups is 2. The van der Waals surface area contributed by atoms with Gasteiger partial charge in [-0.3, -0.25) is 9.88 Å². The molecule has 1 atom stereocenters. The first kappa shape index (κ1) is 37.0. The first-order valence-corrected chi connectivity index (χ1v) is 15.9. The number of halogens is 3. The van der Waals surface area contributed by atoms with E-state index in [1.807, 2.05) is 24.3 Å². The predicted octanol–water partition coefficient (Wildman–Crippen LogP) is 4.38. The third-order valence-electron chi connectivity index (χ3n) is 8.85. The molecule has 3 aromatic carbocycles. The molecule has 0 unspecified atom stereocenters. The number of esters is 1. The Hall–Kier alpha value is -6.27. The summed E-state index contributed by atoms with van der Waals surface area (Å²) in [6, 6.07) is 20.7. The van der Waals surface area contributed by atoms with Crippen LogP contribution in [0.25, 0.3) is 10.9 Å². The Balaban J connectivity index is 0.00000168. The van der Waals surface area contributed by atoms with Gasteiger partial charge in [-0.05, 0) is 54.4 Å². The second kappa shape index (κ2) is 14.9. The Morgan fingerprint density at radius 3 is 2.50 bits per heavy atom. The summed E-state index contributed by atoms with van der Waals surface area (Å²) in [5.74, 6) is -0.776. The number of pyridine rings is 1. The van der Waals surface area contributed by atoms with E-state index >= 15 is 0 Å². The van der Waals surface area contributed by atoms with Gasteiger partial charge in [-0.25, -0.2) is 19.3 Å². The van der Waals surface area contributed by atoms with Gasteiger partial charge in [-0.1, -0.05) is 36.4 Å². The molecular weight excluding hydrogens is 679 g/mol. The molecule has 0 saturated heterocycles. The number of hydrogen-bond acceptors (Lipinski definition) is 9. The summed E-state index contributed by atoms with van der Waals surface area (Å²) < 4.78 is 48.1. The van der Waals surface area contributed by atoms with Gasteiger partial charge in [-0.15, -0.1) is 5.10 Å².